The first-order valence-electron chi connectivity index (χ1n) is 7.77. The molecule has 136 valence electrons. The molecule has 27 heavy (non-hydrogen) atoms. The van der Waals surface area contributed by atoms with Gasteiger partial charge in [-0.05, 0) is 6.92 Å². The van der Waals surface area contributed by atoms with Crippen LogP contribution in [0.1, 0.15) is 18.8 Å². The van der Waals surface area contributed by atoms with Gasteiger partial charge in [-0.1, -0.05) is 0 Å². The molecule has 0 aliphatic carbocycles. The molecule has 1 atom stereocenters. The molecule has 0 fully saturated rings. The Bertz CT molecular complexity index is 1230. The number of hydrogen-bond acceptors (Lipinski definition) is 8. The molecule has 0 saturated heterocycles. The van der Waals surface area contributed by atoms with Gasteiger partial charge < -0.3 is 15.3 Å². The zero-order chi connectivity index (χ0) is 19.0. The number of aromatic amines is 2. The van der Waals surface area contributed by atoms with E-state index in [4.69, 9.17) is 0 Å². The van der Waals surface area contributed by atoms with Gasteiger partial charge >= 0.3 is 5.69 Å². The summed E-state index contributed by atoms with van der Waals surface area (Å²) < 4.78 is 14.4. The summed E-state index contributed by atoms with van der Waals surface area (Å²) in [5.41, 5.74) is -0.0293. The summed E-state index contributed by atoms with van der Waals surface area (Å²) in [6.45, 7) is 1.68. The average Bonchev–Trinajstić information content (AvgIpc) is 2.99. The molecule has 4 aromatic heterocycles. The van der Waals surface area contributed by atoms with E-state index < -0.39 is 23.1 Å². The van der Waals surface area contributed by atoms with Crippen LogP contribution >= 0.6 is 0 Å². The van der Waals surface area contributed by atoms with Gasteiger partial charge in [0.05, 0.1) is 37.2 Å². The molecule has 4 aromatic rings. The fourth-order valence-corrected chi connectivity index (χ4v) is 2.54. The first-order valence-corrected chi connectivity index (χ1v) is 7.77. The highest BCUT2D eigenvalue weighted by molar-refractivity contribution is 5.72. The standard InChI is InChI=1S/C15H12FN9O2/c1-7(11-18-2-8(16)3-19-11)25-12-9(23-15(25)27)5-20-14(24-12)22-10-4-17-6-21-13(10)26/h2-7H,1H3,(H,23,27)(H,17,21,26)(H,20,22,24). The van der Waals surface area contributed by atoms with E-state index in [1.807, 2.05) is 0 Å². The molecule has 0 aliphatic heterocycles. The van der Waals surface area contributed by atoms with Crippen molar-refractivity contribution < 1.29 is 4.39 Å². The molecule has 0 spiro atoms. The summed E-state index contributed by atoms with van der Waals surface area (Å²) in [6, 6.07) is -0.614. The summed E-state index contributed by atoms with van der Waals surface area (Å²) in [6.07, 6.45) is 6.04. The van der Waals surface area contributed by atoms with Crippen LogP contribution in [-0.2, 0) is 0 Å². The highest BCUT2D eigenvalue weighted by Crippen LogP contribution is 2.18. The van der Waals surface area contributed by atoms with E-state index in [0.29, 0.717) is 5.52 Å². The Balaban J connectivity index is 1.78. The normalized spacial score (nSPS) is 12.2. The monoisotopic (exact) mass is 369 g/mol. The lowest BCUT2D eigenvalue weighted by atomic mass is 10.3. The minimum atomic E-state index is -0.614. The van der Waals surface area contributed by atoms with Gasteiger partial charge in [0, 0.05) is 0 Å². The van der Waals surface area contributed by atoms with E-state index in [-0.39, 0.29) is 23.1 Å². The zero-order valence-electron chi connectivity index (χ0n) is 13.8. The molecule has 0 aromatic carbocycles. The number of imidazole rings is 1. The third-order valence-corrected chi connectivity index (χ3v) is 3.82. The van der Waals surface area contributed by atoms with E-state index in [9.17, 15) is 14.0 Å². The predicted octanol–water partition coefficient (Wildman–Crippen LogP) is 0.485. The maximum atomic E-state index is 13.1. The maximum absolute atomic E-state index is 13.1. The molecule has 3 N–H and O–H groups in total. The van der Waals surface area contributed by atoms with E-state index in [1.54, 1.807) is 6.92 Å². The number of rotatable bonds is 4. The lowest BCUT2D eigenvalue weighted by Crippen LogP contribution is -2.23. The van der Waals surface area contributed by atoms with Crippen LogP contribution in [0.5, 0.6) is 0 Å². The Labute approximate surface area is 149 Å². The second kappa shape index (κ2) is 6.40. The third-order valence-electron chi connectivity index (χ3n) is 3.82. The van der Waals surface area contributed by atoms with Crippen molar-refractivity contribution in [2.45, 2.75) is 13.0 Å². The van der Waals surface area contributed by atoms with Crippen LogP contribution in [0, 0.1) is 5.82 Å². The molecular weight excluding hydrogens is 357 g/mol. The Morgan fingerprint density at radius 3 is 2.67 bits per heavy atom. The Morgan fingerprint density at radius 1 is 1.15 bits per heavy atom. The number of nitrogens with one attached hydrogen (secondary N) is 3. The van der Waals surface area contributed by atoms with Crippen molar-refractivity contribution >= 4 is 22.8 Å². The number of fused-ring (bicyclic) bond motifs is 1. The van der Waals surface area contributed by atoms with Gasteiger partial charge in [-0.15, -0.1) is 0 Å². The van der Waals surface area contributed by atoms with Crippen LogP contribution in [0.2, 0.25) is 0 Å². The molecule has 12 heteroatoms. The third kappa shape index (κ3) is 3.03. The fourth-order valence-electron chi connectivity index (χ4n) is 2.54. The number of hydrogen-bond donors (Lipinski definition) is 3. The van der Waals surface area contributed by atoms with Gasteiger partial charge in [0.15, 0.2) is 17.3 Å². The number of nitrogens with zero attached hydrogens (tertiary/aromatic N) is 6. The van der Waals surface area contributed by atoms with Gasteiger partial charge in [0.2, 0.25) is 5.95 Å². The van der Waals surface area contributed by atoms with Crippen LogP contribution in [0.25, 0.3) is 11.2 Å². The minimum absolute atomic E-state index is 0.0981. The number of anilines is 2. The highest BCUT2D eigenvalue weighted by Gasteiger charge is 2.19. The number of halogens is 1. The van der Waals surface area contributed by atoms with Crippen LogP contribution in [0.4, 0.5) is 16.0 Å². The van der Waals surface area contributed by atoms with E-state index in [2.05, 4.69) is 40.2 Å². The molecule has 0 radical (unpaired) electrons. The van der Waals surface area contributed by atoms with Crippen LogP contribution < -0.4 is 16.6 Å². The lowest BCUT2D eigenvalue weighted by Gasteiger charge is -2.11. The second-order valence-electron chi connectivity index (χ2n) is 5.59. The molecule has 0 amide bonds. The van der Waals surface area contributed by atoms with Crippen molar-refractivity contribution in [3.05, 3.63) is 63.6 Å². The number of H-pyrrole nitrogens is 2. The molecule has 4 heterocycles. The summed E-state index contributed by atoms with van der Waals surface area (Å²) >= 11 is 0. The topological polar surface area (TPSA) is 147 Å². The lowest BCUT2D eigenvalue weighted by molar-refractivity contribution is 0.568. The van der Waals surface area contributed by atoms with Crippen molar-refractivity contribution in [1.82, 2.24) is 39.5 Å². The number of aromatic nitrogens is 8. The van der Waals surface area contributed by atoms with Crippen molar-refractivity contribution in [2.75, 3.05) is 5.32 Å². The van der Waals surface area contributed by atoms with Gasteiger partial charge in [-0.25, -0.2) is 29.1 Å². The van der Waals surface area contributed by atoms with Crippen molar-refractivity contribution in [3.8, 4) is 0 Å². The Hall–Kier alpha value is -3.96. The van der Waals surface area contributed by atoms with Crippen LogP contribution in [-0.4, -0.2) is 39.5 Å². The van der Waals surface area contributed by atoms with Gasteiger partial charge in [0.25, 0.3) is 5.56 Å². The fraction of sp³-hybridized carbons (Fsp3) is 0.133. The van der Waals surface area contributed by atoms with Crippen molar-refractivity contribution in [2.24, 2.45) is 0 Å². The first-order chi connectivity index (χ1) is 13.0. The maximum Gasteiger partial charge on any atom is 0.328 e. The first kappa shape index (κ1) is 16.5. The second-order valence-corrected chi connectivity index (χ2v) is 5.59. The van der Waals surface area contributed by atoms with Gasteiger partial charge in [-0.3, -0.25) is 9.36 Å². The van der Waals surface area contributed by atoms with Gasteiger partial charge in [0.1, 0.15) is 11.2 Å². The summed E-state index contributed by atoms with van der Waals surface area (Å²) in [5.74, 6) is -0.232. The van der Waals surface area contributed by atoms with Crippen molar-refractivity contribution in [3.63, 3.8) is 0 Å². The summed E-state index contributed by atoms with van der Waals surface area (Å²) in [5, 5.41) is 2.75. The summed E-state index contributed by atoms with van der Waals surface area (Å²) in [7, 11) is 0. The average molecular weight is 369 g/mol. The van der Waals surface area contributed by atoms with Crippen molar-refractivity contribution in [1.29, 1.82) is 0 Å². The quantitative estimate of drug-likeness (QED) is 0.471. The molecular formula is C15H12FN9O2. The minimum Gasteiger partial charge on any atom is -0.318 e. The van der Waals surface area contributed by atoms with Crippen LogP contribution in [0.3, 0.4) is 0 Å². The van der Waals surface area contributed by atoms with Crippen LogP contribution in [0.15, 0.2) is 40.7 Å². The SMILES string of the molecule is CC(c1ncc(F)cn1)n1c(=O)[nH]c2cnc(Nc3cnc[nH]c3=O)nc21. The van der Waals surface area contributed by atoms with E-state index in [1.165, 1.54) is 23.3 Å². The summed E-state index contributed by atoms with van der Waals surface area (Å²) in [4.78, 5) is 49.2. The Morgan fingerprint density at radius 2 is 1.93 bits per heavy atom. The largest absolute Gasteiger partial charge is 0.328 e. The molecule has 0 saturated carbocycles. The Kier molecular flexibility index (Phi) is 3.91. The van der Waals surface area contributed by atoms with E-state index in [0.717, 1.165) is 12.4 Å². The predicted molar refractivity (Wildman–Crippen MR) is 92.1 cm³/mol. The smallest absolute Gasteiger partial charge is 0.318 e. The molecule has 4 rings (SSSR count). The highest BCUT2D eigenvalue weighted by atomic mass is 19.1. The molecule has 11 nitrogen and oxygen atoms in total. The molecule has 0 bridgehead atoms. The van der Waals surface area contributed by atoms with E-state index >= 15 is 0 Å². The zero-order valence-corrected chi connectivity index (χ0v) is 13.8. The molecule has 1 unspecified atom stereocenters. The molecule has 0 aliphatic rings. The van der Waals surface area contributed by atoms with Gasteiger partial charge in [-0.2, -0.15) is 4.98 Å².